The van der Waals surface area contributed by atoms with Gasteiger partial charge in [-0.15, -0.1) is 0 Å². The molecule has 104 valence electrons. The summed E-state index contributed by atoms with van der Waals surface area (Å²) in [7, 11) is 0. The summed E-state index contributed by atoms with van der Waals surface area (Å²) >= 11 is 0. The van der Waals surface area contributed by atoms with Crippen molar-refractivity contribution < 1.29 is 14.3 Å². The quantitative estimate of drug-likeness (QED) is 0.826. The fraction of sp³-hybridized carbons (Fsp3) is 0.467. The molecule has 0 aliphatic rings. The Morgan fingerprint density at radius 1 is 1.11 bits per heavy atom. The van der Waals surface area contributed by atoms with Crippen molar-refractivity contribution >= 4 is 11.9 Å². The van der Waals surface area contributed by atoms with Gasteiger partial charge < -0.3 is 10.5 Å². The minimum Gasteiger partial charge on any atom is -0.460 e. The molecule has 4 heteroatoms. The third-order valence-corrected chi connectivity index (χ3v) is 2.44. The van der Waals surface area contributed by atoms with Gasteiger partial charge in [0.2, 0.25) is 5.91 Å². The summed E-state index contributed by atoms with van der Waals surface area (Å²) in [6.07, 6.45) is 1.23. The van der Waals surface area contributed by atoms with Crippen molar-refractivity contribution in [3.63, 3.8) is 0 Å². The zero-order chi connectivity index (χ0) is 14.5. The molecule has 0 atom stereocenters. The van der Waals surface area contributed by atoms with Crippen LogP contribution in [0.25, 0.3) is 0 Å². The van der Waals surface area contributed by atoms with Gasteiger partial charge in [-0.2, -0.15) is 0 Å². The largest absolute Gasteiger partial charge is 0.460 e. The maximum absolute atomic E-state index is 11.6. The van der Waals surface area contributed by atoms with E-state index in [1.54, 1.807) is 0 Å². The second-order valence-electron chi connectivity index (χ2n) is 5.55. The highest BCUT2D eigenvalue weighted by Crippen LogP contribution is 2.11. The SMILES string of the molecule is CC(C)(C)OC(=O)CCc1ccc(CC(N)=O)cc1. The average Bonchev–Trinajstić information content (AvgIpc) is 2.25. The van der Waals surface area contributed by atoms with E-state index in [-0.39, 0.29) is 18.3 Å². The lowest BCUT2D eigenvalue weighted by molar-refractivity contribution is -0.154. The van der Waals surface area contributed by atoms with Gasteiger partial charge >= 0.3 is 5.97 Å². The number of hydrogen-bond donors (Lipinski definition) is 1. The number of carbonyl (C=O) groups excluding carboxylic acids is 2. The van der Waals surface area contributed by atoms with Crippen molar-refractivity contribution in [2.24, 2.45) is 5.73 Å². The molecule has 0 aliphatic heterocycles. The predicted octanol–water partition coefficient (Wildman–Crippen LogP) is 1.99. The molecule has 1 amide bonds. The molecule has 4 nitrogen and oxygen atoms in total. The summed E-state index contributed by atoms with van der Waals surface area (Å²) in [5, 5.41) is 0. The van der Waals surface area contributed by atoms with Crippen molar-refractivity contribution in [1.82, 2.24) is 0 Å². The van der Waals surface area contributed by atoms with Gasteiger partial charge in [-0.3, -0.25) is 9.59 Å². The van der Waals surface area contributed by atoms with Crippen LogP contribution < -0.4 is 5.73 Å². The van der Waals surface area contributed by atoms with Crippen LogP contribution in [0.15, 0.2) is 24.3 Å². The van der Waals surface area contributed by atoms with Crippen LogP contribution in [0.2, 0.25) is 0 Å². The zero-order valence-electron chi connectivity index (χ0n) is 11.7. The van der Waals surface area contributed by atoms with E-state index < -0.39 is 5.60 Å². The number of aryl methyl sites for hydroxylation is 1. The van der Waals surface area contributed by atoms with Gasteiger partial charge in [-0.1, -0.05) is 24.3 Å². The Hall–Kier alpha value is -1.84. The molecule has 1 rings (SSSR count). The van der Waals surface area contributed by atoms with Crippen molar-refractivity contribution in [3.8, 4) is 0 Å². The molecular weight excluding hydrogens is 242 g/mol. The molecule has 1 aromatic carbocycles. The Kier molecular flexibility index (Phi) is 5.10. The molecule has 0 aliphatic carbocycles. The predicted molar refractivity (Wildman–Crippen MR) is 73.5 cm³/mol. The molecule has 0 saturated carbocycles. The monoisotopic (exact) mass is 263 g/mol. The Bertz CT molecular complexity index is 443. The molecule has 0 aromatic heterocycles. The van der Waals surface area contributed by atoms with Crippen molar-refractivity contribution in [2.75, 3.05) is 0 Å². The maximum atomic E-state index is 11.6. The standard InChI is InChI=1S/C15H21NO3/c1-15(2,3)19-14(18)9-8-11-4-6-12(7-5-11)10-13(16)17/h4-7H,8-10H2,1-3H3,(H2,16,17). The minimum absolute atomic E-state index is 0.200. The molecule has 19 heavy (non-hydrogen) atoms. The van der Waals surface area contributed by atoms with Gasteiger partial charge in [0, 0.05) is 6.42 Å². The molecule has 0 bridgehead atoms. The summed E-state index contributed by atoms with van der Waals surface area (Å²) in [4.78, 5) is 22.3. The van der Waals surface area contributed by atoms with E-state index in [4.69, 9.17) is 10.5 Å². The van der Waals surface area contributed by atoms with E-state index in [2.05, 4.69) is 0 Å². The van der Waals surface area contributed by atoms with Gasteiger partial charge in [0.05, 0.1) is 6.42 Å². The summed E-state index contributed by atoms with van der Waals surface area (Å²) in [6, 6.07) is 7.52. The van der Waals surface area contributed by atoms with E-state index >= 15 is 0 Å². The third-order valence-electron chi connectivity index (χ3n) is 2.44. The first-order valence-corrected chi connectivity index (χ1v) is 6.34. The molecule has 0 heterocycles. The molecule has 1 aromatic rings. The second-order valence-corrected chi connectivity index (χ2v) is 5.55. The number of carbonyl (C=O) groups is 2. The fourth-order valence-electron chi connectivity index (χ4n) is 1.66. The first-order valence-electron chi connectivity index (χ1n) is 6.34. The van der Waals surface area contributed by atoms with E-state index in [1.165, 1.54) is 0 Å². The van der Waals surface area contributed by atoms with Crippen molar-refractivity contribution in [2.45, 2.75) is 45.6 Å². The smallest absolute Gasteiger partial charge is 0.306 e. The van der Waals surface area contributed by atoms with E-state index in [0.717, 1.165) is 11.1 Å². The minimum atomic E-state index is -0.442. The Labute approximate surface area is 113 Å². The van der Waals surface area contributed by atoms with Crippen LogP contribution in [0.3, 0.4) is 0 Å². The first-order chi connectivity index (χ1) is 8.76. The number of rotatable bonds is 5. The normalized spacial score (nSPS) is 11.1. The van der Waals surface area contributed by atoms with Gasteiger partial charge in [0.15, 0.2) is 0 Å². The summed E-state index contributed by atoms with van der Waals surface area (Å²) < 4.78 is 5.24. The van der Waals surface area contributed by atoms with E-state index in [9.17, 15) is 9.59 Å². The molecule has 2 N–H and O–H groups in total. The Morgan fingerprint density at radius 2 is 1.63 bits per heavy atom. The summed E-state index contributed by atoms with van der Waals surface area (Å²) in [6.45, 7) is 5.55. The zero-order valence-corrected chi connectivity index (χ0v) is 11.7. The lowest BCUT2D eigenvalue weighted by Gasteiger charge is -2.19. The Morgan fingerprint density at radius 3 is 2.11 bits per heavy atom. The van der Waals surface area contributed by atoms with Crippen LogP contribution in [-0.4, -0.2) is 17.5 Å². The highest BCUT2D eigenvalue weighted by Gasteiger charge is 2.15. The first kappa shape index (κ1) is 15.2. The summed E-state index contributed by atoms with van der Waals surface area (Å²) in [5.41, 5.74) is 6.60. The van der Waals surface area contributed by atoms with Crippen LogP contribution in [0.1, 0.15) is 38.3 Å². The van der Waals surface area contributed by atoms with Crippen LogP contribution in [-0.2, 0) is 27.2 Å². The van der Waals surface area contributed by atoms with Gasteiger partial charge in [0.25, 0.3) is 0 Å². The van der Waals surface area contributed by atoms with Crippen LogP contribution in [0.4, 0.5) is 0 Å². The lowest BCUT2D eigenvalue weighted by Crippen LogP contribution is -2.24. The average molecular weight is 263 g/mol. The molecule has 0 spiro atoms. The van der Waals surface area contributed by atoms with Gasteiger partial charge in [-0.25, -0.2) is 0 Å². The highest BCUT2D eigenvalue weighted by atomic mass is 16.6. The van der Waals surface area contributed by atoms with Crippen LogP contribution in [0.5, 0.6) is 0 Å². The number of amides is 1. The third kappa shape index (κ3) is 6.60. The molecule has 0 unspecified atom stereocenters. The topological polar surface area (TPSA) is 69.4 Å². The number of ether oxygens (including phenoxy) is 1. The number of primary amides is 1. The number of esters is 1. The van der Waals surface area contributed by atoms with E-state index in [1.807, 2.05) is 45.0 Å². The lowest BCUT2D eigenvalue weighted by atomic mass is 10.1. The second kappa shape index (κ2) is 6.36. The van der Waals surface area contributed by atoms with E-state index in [0.29, 0.717) is 12.8 Å². The number of benzene rings is 1. The van der Waals surface area contributed by atoms with Crippen LogP contribution in [0, 0.1) is 0 Å². The fourth-order valence-corrected chi connectivity index (χ4v) is 1.66. The van der Waals surface area contributed by atoms with Gasteiger partial charge in [-0.05, 0) is 38.3 Å². The van der Waals surface area contributed by atoms with Crippen LogP contribution >= 0.6 is 0 Å². The molecular formula is C15H21NO3. The maximum Gasteiger partial charge on any atom is 0.306 e. The Balaban J connectivity index is 2.46. The summed E-state index contributed by atoms with van der Waals surface area (Å²) in [5.74, 6) is -0.546. The van der Waals surface area contributed by atoms with Crippen molar-refractivity contribution in [3.05, 3.63) is 35.4 Å². The van der Waals surface area contributed by atoms with Gasteiger partial charge in [0.1, 0.15) is 5.60 Å². The number of hydrogen-bond acceptors (Lipinski definition) is 3. The molecule has 0 fully saturated rings. The molecule has 0 saturated heterocycles. The highest BCUT2D eigenvalue weighted by molar-refractivity contribution is 5.76. The van der Waals surface area contributed by atoms with Crippen molar-refractivity contribution in [1.29, 1.82) is 0 Å². The molecule has 0 radical (unpaired) electrons. The number of nitrogens with two attached hydrogens (primary N) is 1.